The zero-order valence-electron chi connectivity index (χ0n) is 15.9. The Bertz CT molecular complexity index is 670. The van der Waals surface area contributed by atoms with Crippen molar-refractivity contribution in [3.8, 4) is 5.75 Å². The second kappa shape index (κ2) is 8.08. The van der Waals surface area contributed by atoms with Crippen molar-refractivity contribution >= 4 is 11.9 Å². The third kappa shape index (κ3) is 4.18. The number of esters is 1. The number of ether oxygens (including phenoxy) is 2. The zero-order chi connectivity index (χ0) is 18.7. The van der Waals surface area contributed by atoms with Crippen LogP contribution in [0.15, 0.2) is 18.2 Å². The summed E-state index contributed by atoms with van der Waals surface area (Å²) in [6.07, 6.45) is 4.58. The first-order chi connectivity index (χ1) is 12.5. The minimum Gasteiger partial charge on any atom is -0.493 e. The summed E-state index contributed by atoms with van der Waals surface area (Å²) in [5, 5.41) is 0. The van der Waals surface area contributed by atoms with Gasteiger partial charge in [-0.25, -0.2) is 4.79 Å². The predicted molar refractivity (Wildman–Crippen MR) is 98.6 cm³/mol. The highest BCUT2D eigenvalue weighted by atomic mass is 16.5. The van der Waals surface area contributed by atoms with E-state index in [1.54, 1.807) is 18.2 Å². The topological polar surface area (TPSA) is 59.1 Å². The highest BCUT2D eigenvalue weighted by Gasteiger charge is 2.29. The lowest BCUT2D eigenvalue weighted by Crippen LogP contribution is -2.34. The molecule has 2 fully saturated rings. The Morgan fingerprint density at radius 1 is 1.15 bits per heavy atom. The fourth-order valence-electron chi connectivity index (χ4n) is 3.45. The minimum absolute atomic E-state index is 0.0615. The highest BCUT2D eigenvalue weighted by Crippen LogP contribution is 2.28. The SMILES string of the molecule is COC(=O)c1cc(OCC2CCC2)cc(C(=O)N2CC[C@H](N(C)C)C2)c1. The molecule has 1 saturated heterocycles. The van der Waals surface area contributed by atoms with Gasteiger partial charge >= 0.3 is 5.97 Å². The van der Waals surface area contributed by atoms with Crippen LogP contribution in [0.25, 0.3) is 0 Å². The first-order valence-corrected chi connectivity index (χ1v) is 9.30. The van der Waals surface area contributed by atoms with E-state index in [4.69, 9.17) is 9.47 Å². The number of hydrogen-bond donors (Lipinski definition) is 0. The van der Waals surface area contributed by atoms with Crippen LogP contribution in [-0.2, 0) is 4.74 Å². The quantitative estimate of drug-likeness (QED) is 0.729. The largest absolute Gasteiger partial charge is 0.493 e. The maximum Gasteiger partial charge on any atom is 0.338 e. The normalized spacial score (nSPS) is 20.2. The van der Waals surface area contributed by atoms with Gasteiger partial charge in [-0.3, -0.25) is 4.79 Å². The van der Waals surface area contributed by atoms with Crippen molar-refractivity contribution in [3.05, 3.63) is 29.3 Å². The number of nitrogens with zero attached hydrogens (tertiary/aromatic N) is 2. The Hall–Kier alpha value is -2.08. The zero-order valence-corrected chi connectivity index (χ0v) is 15.9. The van der Waals surface area contributed by atoms with Gasteiger partial charge in [-0.15, -0.1) is 0 Å². The molecule has 142 valence electrons. The van der Waals surface area contributed by atoms with Crippen molar-refractivity contribution in [3.63, 3.8) is 0 Å². The Labute approximate surface area is 155 Å². The first-order valence-electron chi connectivity index (χ1n) is 9.30. The van der Waals surface area contributed by atoms with E-state index in [0.29, 0.717) is 42.0 Å². The van der Waals surface area contributed by atoms with E-state index in [2.05, 4.69) is 4.90 Å². The lowest BCUT2D eigenvalue weighted by atomic mass is 9.86. The van der Waals surface area contributed by atoms with Gasteiger partial charge in [0.25, 0.3) is 5.91 Å². The van der Waals surface area contributed by atoms with Gasteiger partial charge in [0.2, 0.25) is 0 Å². The van der Waals surface area contributed by atoms with E-state index < -0.39 is 5.97 Å². The van der Waals surface area contributed by atoms with Gasteiger partial charge in [0, 0.05) is 24.7 Å². The van der Waals surface area contributed by atoms with E-state index >= 15 is 0 Å². The molecule has 1 heterocycles. The van der Waals surface area contributed by atoms with Gasteiger partial charge in [0.05, 0.1) is 19.3 Å². The smallest absolute Gasteiger partial charge is 0.338 e. The molecule has 0 unspecified atom stereocenters. The van der Waals surface area contributed by atoms with Crippen molar-refractivity contribution in [2.24, 2.45) is 5.92 Å². The van der Waals surface area contributed by atoms with Crippen molar-refractivity contribution in [1.82, 2.24) is 9.80 Å². The average molecular weight is 360 g/mol. The molecule has 6 heteroatoms. The van der Waals surface area contributed by atoms with Gasteiger partial charge < -0.3 is 19.3 Å². The Kier molecular flexibility index (Phi) is 5.81. The van der Waals surface area contributed by atoms with Gasteiger partial charge in [-0.1, -0.05) is 6.42 Å². The predicted octanol–water partition coefficient (Wildman–Crippen LogP) is 2.43. The number of benzene rings is 1. The lowest BCUT2D eigenvalue weighted by Gasteiger charge is -2.25. The number of likely N-dealkylation sites (tertiary alicyclic amines) is 1. The molecule has 0 aromatic heterocycles. The minimum atomic E-state index is -0.458. The number of carbonyl (C=O) groups is 2. The first kappa shape index (κ1) is 18.7. The molecule has 6 nitrogen and oxygen atoms in total. The Morgan fingerprint density at radius 3 is 2.46 bits per heavy atom. The van der Waals surface area contributed by atoms with Crippen molar-refractivity contribution in [1.29, 1.82) is 0 Å². The molecule has 1 aliphatic carbocycles. The molecule has 1 aliphatic heterocycles. The van der Waals surface area contributed by atoms with E-state index in [0.717, 1.165) is 13.0 Å². The monoisotopic (exact) mass is 360 g/mol. The third-order valence-corrected chi connectivity index (χ3v) is 5.47. The molecular formula is C20H28N2O4. The maximum absolute atomic E-state index is 12.9. The third-order valence-electron chi connectivity index (χ3n) is 5.47. The van der Waals surface area contributed by atoms with E-state index in [1.165, 1.54) is 26.4 Å². The summed E-state index contributed by atoms with van der Waals surface area (Å²) < 4.78 is 10.7. The van der Waals surface area contributed by atoms with Gasteiger partial charge in [0.1, 0.15) is 5.75 Å². The van der Waals surface area contributed by atoms with E-state index in [1.807, 2.05) is 19.0 Å². The molecule has 26 heavy (non-hydrogen) atoms. The molecule has 1 aromatic carbocycles. The molecule has 0 N–H and O–H groups in total. The Morgan fingerprint density at radius 2 is 1.88 bits per heavy atom. The summed E-state index contributed by atoms with van der Waals surface area (Å²) >= 11 is 0. The molecule has 0 spiro atoms. The van der Waals surface area contributed by atoms with Crippen LogP contribution in [0.1, 0.15) is 46.4 Å². The van der Waals surface area contributed by atoms with E-state index in [-0.39, 0.29) is 5.91 Å². The summed E-state index contributed by atoms with van der Waals surface area (Å²) in [6.45, 7) is 2.06. The highest BCUT2D eigenvalue weighted by molar-refractivity contribution is 5.98. The summed E-state index contributed by atoms with van der Waals surface area (Å²) in [5.74, 6) is 0.621. The fourth-order valence-corrected chi connectivity index (χ4v) is 3.45. The van der Waals surface area contributed by atoms with E-state index in [9.17, 15) is 9.59 Å². The van der Waals surface area contributed by atoms with Crippen LogP contribution in [0.5, 0.6) is 5.75 Å². The molecule has 1 saturated carbocycles. The standard InChI is InChI=1S/C20H28N2O4/c1-21(2)17-7-8-22(12-17)19(23)15-9-16(20(24)25-3)11-18(10-15)26-13-14-5-4-6-14/h9-11,14,17H,4-8,12-13H2,1-3H3/t17-/m0/s1. The summed E-state index contributed by atoms with van der Waals surface area (Å²) in [5.41, 5.74) is 0.834. The van der Waals surface area contributed by atoms with Gasteiger partial charge in [-0.05, 0) is 57.5 Å². The molecule has 0 bridgehead atoms. The molecule has 1 amide bonds. The van der Waals surface area contributed by atoms with Crippen LogP contribution in [-0.4, -0.2) is 68.6 Å². The van der Waals surface area contributed by atoms with Gasteiger partial charge in [-0.2, -0.15) is 0 Å². The Balaban J connectivity index is 1.77. The molecule has 1 aromatic rings. The van der Waals surface area contributed by atoms with Crippen LogP contribution in [0, 0.1) is 5.92 Å². The summed E-state index contributed by atoms with van der Waals surface area (Å²) in [6, 6.07) is 5.38. The number of amides is 1. The number of rotatable bonds is 6. The fraction of sp³-hybridized carbons (Fsp3) is 0.600. The molecule has 3 rings (SSSR count). The number of carbonyl (C=O) groups excluding carboxylic acids is 2. The van der Waals surface area contributed by atoms with Crippen molar-refractivity contribution in [2.45, 2.75) is 31.7 Å². The second-order valence-corrected chi connectivity index (χ2v) is 7.50. The van der Waals surface area contributed by atoms with Crippen molar-refractivity contribution < 1.29 is 19.1 Å². The summed E-state index contributed by atoms with van der Waals surface area (Å²) in [4.78, 5) is 28.9. The lowest BCUT2D eigenvalue weighted by molar-refractivity contribution is 0.0600. The number of likely N-dealkylation sites (N-methyl/N-ethyl adjacent to an activating group) is 1. The van der Waals surface area contributed by atoms with Crippen LogP contribution in [0.2, 0.25) is 0 Å². The number of methoxy groups -OCH3 is 1. The van der Waals surface area contributed by atoms with Crippen LogP contribution in [0.3, 0.4) is 0 Å². The van der Waals surface area contributed by atoms with Crippen LogP contribution < -0.4 is 4.74 Å². The average Bonchev–Trinajstić information content (AvgIpc) is 3.09. The van der Waals surface area contributed by atoms with Crippen LogP contribution >= 0.6 is 0 Å². The van der Waals surface area contributed by atoms with Crippen molar-refractivity contribution in [2.75, 3.05) is 40.9 Å². The number of hydrogen-bond acceptors (Lipinski definition) is 5. The maximum atomic E-state index is 12.9. The second-order valence-electron chi connectivity index (χ2n) is 7.50. The van der Waals surface area contributed by atoms with Crippen LogP contribution in [0.4, 0.5) is 0 Å². The molecule has 2 aliphatic rings. The molecule has 0 radical (unpaired) electrons. The molecule has 1 atom stereocenters. The summed E-state index contributed by atoms with van der Waals surface area (Å²) in [7, 11) is 5.40. The van der Waals surface area contributed by atoms with Gasteiger partial charge in [0.15, 0.2) is 0 Å². The molecular weight excluding hydrogens is 332 g/mol.